The van der Waals surface area contributed by atoms with E-state index in [1.807, 2.05) is 60.7 Å². The predicted molar refractivity (Wildman–Crippen MR) is 251 cm³/mol. The maximum absolute atomic E-state index is 14.6. The van der Waals surface area contributed by atoms with Crippen molar-refractivity contribution in [1.29, 1.82) is 0 Å². The molecular weight excluding hydrogens is 825 g/mol. The van der Waals surface area contributed by atoms with Crippen molar-refractivity contribution >= 4 is 29.5 Å². The van der Waals surface area contributed by atoms with Gasteiger partial charge in [-0.05, 0) is 96.6 Å². The van der Waals surface area contributed by atoms with Gasteiger partial charge < -0.3 is 52.8 Å². The zero-order valence-corrected chi connectivity index (χ0v) is 37.0. The zero-order chi connectivity index (χ0) is 46.5. The number of hydrogen-bond acceptors (Lipinski definition) is 10. The fourth-order valence-corrected chi connectivity index (χ4v) is 7.72. The maximum atomic E-state index is 14.6. The van der Waals surface area contributed by atoms with E-state index in [-0.39, 0.29) is 45.7 Å². The molecule has 15 nitrogen and oxygen atoms in total. The molecule has 1 heterocycles. The molecule has 340 valence electrons. The largest absolute Gasteiger partial charge is 0.492 e. The Bertz CT molecular complexity index is 2450. The molecule has 10 N–H and O–H groups in total. The number of fused-ring (bicyclic) bond motifs is 5. The fraction of sp³-hybridized carbons (Fsp3) is 0.300. The Balaban J connectivity index is 1.34. The zero-order valence-electron chi connectivity index (χ0n) is 37.0. The Hall–Kier alpha value is -7.07. The third-order valence-corrected chi connectivity index (χ3v) is 11.1. The number of carbonyl (C=O) groups excluding carboxylic acids is 5. The number of nitrogens with two attached hydrogens (primary N) is 3. The van der Waals surface area contributed by atoms with Crippen LogP contribution in [-0.2, 0) is 25.6 Å². The Morgan fingerprint density at radius 1 is 0.723 bits per heavy atom. The van der Waals surface area contributed by atoms with E-state index in [0.717, 1.165) is 22.3 Å². The van der Waals surface area contributed by atoms with E-state index in [4.69, 9.17) is 26.7 Å². The van der Waals surface area contributed by atoms with Crippen molar-refractivity contribution < 1.29 is 33.4 Å². The van der Waals surface area contributed by atoms with Crippen molar-refractivity contribution in [3.8, 4) is 44.9 Å². The molecule has 6 rings (SSSR count). The molecule has 15 heteroatoms. The lowest BCUT2D eigenvalue weighted by molar-refractivity contribution is -0.141. The van der Waals surface area contributed by atoms with Gasteiger partial charge in [-0.25, -0.2) is 0 Å². The summed E-state index contributed by atoms with van der Waals surface area (Å²) in [5, 5.41) is 11.2. The summed E-state index contributed by atoms with van der Waals surface area (Å²) < 4.78 is 12.2. The average molecular weight is 883 g/mol. The van der Waals surface area contributed by atoms with Gasteiger partial charge in [-0.1, -0.05) is 78.9 Å². The molecule has 65 heavy (non-hydrogen) atoms. The van der Waals surface area contributed by atoms with Crippen LogP contribution >= 0.6 is 0 Å². The van der Waals surface area contributed by atoms with Crippen molar-refractivity contribution in [1.82, 2.24) is 26.2 Å². The molecule has 5 aromatic rings. The van der Waals surface area contributed by atoms with E-state index in [1.165, 1.54) is 18.9 Å². The number of rotatable bonds is 16. The lowest BCUT2D eigenvalue weighted by Gasteiger charge is -2.32. The van der Waals surface area contributed by atoms with Crippen LogP contribution in [0.2, 0.25) is 0 Å². The molecule has 0 saturated heterocycles. The summed E-state index contributed by atoms with van der Waals surface area (Å²) in [5.74, 6) is -1.98. The predicted octanol–water partition coefficient (Wildman–Crippen LogP) is 3.69. The Kier molecular flexibility index (Phi) is 16.4. The molecule has 0 saturated carbocycles. The number of nitrogens with zero attached hydrogens (tertiary/aromatic N) is 1. The quantitative estimate of drug-likeness (QED) is 0.0760. The molecule has 1 aliphatic rings. The third kappa shape index (κ3) is 11.7. The standard InChI is InChI=1S/C50H58N8O7/c1-4-54-48(61)42-29-32-10-20-43(64-26-24-52)39(28-32)40-30-38(19-21-44(40)65-27-25-53)45(49(62)55-31(2)46(59)57-42)58(3)50(63)41(22-23-51)56-47(60)37-17-15-36(16-18-37)35-13-11-34(12-14-35)33-8-6-5-7-9-33/h5-21,28,30-31,41-42,45H,4,22-27,29,51-53H2,1-3H3,(H,54,61)(H,55,62)(H,56,60)(H,57,59)/t31-,41-,42-,45-/m0/s1. The Morgan fingerprint density at radius 2 is 1.29 bits per heavy atom. The summed E-state index contributed by atoms with van der Waals surface area (Å²) in [6.07, 6.45) is 0.170. The first-order valence-corrected chi connectivity index (χ1v) is 21.8. The molecule has 1 aliphatic heterocycles. The number of carbonyl (C=O) groups is 5. The molecule has 0 aromatic heterocycles. The molecule has 4 atom stereocenters. The van der Waals surface area contributed by atoms with Crippen molar-refractivity contribution in [2.45, 2.75) is 50.9 Å². The highest BCUT2D eigenvalue weighted by molar-refractivity contribution is 5.99. The van der Waals surface area contributed by atoms with Gasteiger partial charge in [0.25, 0.3) is 5.91 Å². The molecule has 4 bridgehead atoms. The minimum Gasteiger partial charge on any atom is -0.492 e. The molecule has 5 amide bonds. The van der Waals surface area contributed by atoms with Gasteiger partial charge >= 0.3 is 0 Å². The monoisotopic (exact) mass is 882 g/mol. The van der Waals surface area contributed by atoms with Gasteiger partial charge in [0.2, 0.25) is 23.6 Å². The van der Waals surface area contributed by atoms with Gasteiger partial charge in [0.15, 0.2) is 0 Å². The topological polar surface area (TPSA) is 233 Å². The van der Waals surface area contributed by atoms with Crippen molar-refractivity contribution in [3.63, 3.8) is 0 Å². The van der Waals surface area contributed by atoms with Crippen LogP contribution in [0.1, 0.15) is 47.8 Å². The van der Waals surface area contributed by atoms with Crippen LogP contribution in [0.25, 0.3) is 33.4 Å². The molecule has 5 aromatic carbocycles. The number of hydrogen-bond donors (Lipinski definition) is 7. The first-order valence-electron chi connectivity index (χ1n) is 21.8. The summed E-state index contributed by atoms with van der Waals surface area (Å²) in [6.45, 7) is 4.43. The number of nitrogens with one attached hydrogen (secondary N) is 4. The molecule has 0 radical (unpaired) electrons. The second kappa shape index (κ2) is 22.5. The maximum Gasteiger partial charge on any atom is 0.251 e. The van der Waals surface area contributed by atoms with Crippen LogP contribution in [0.15, 0.2) is 115 Å². The summed E-state index contributed by atoms with van der Waals surface area (Å²) in [6, 6.07) is 31.1. The minimum absolute atomic E-state index is 0.0442. The average Bonchev–Trinajstić information content (AvgIpc) is 3.32. The van der Waals surface area contributed by atoms with Crippen molar-refractivity contribution in [2.75, 3.05) is 46.4 Å². The first-order chi connectivity index (χ1) is 31.5. The second-order valence-corrected chi connectivity index (χ2v) is 15.7. The van der Waals surface area contributed by atoms with E-state index >= 15 is 0 Å². The lowest BCUT2D eigenvalue weighted by atomic mass is 9.93. The van der Waals surface area contributed by atoms with Gasteiger partial charge in [0.1, 0.15) is 48.9 Å². The smallest absolute Gasteiger partial charge is 0.251 e. The lowest BCUT2D eigenvalue weighted by Crippen LogP contribution is -2.56. The second-order valence-electron chi connectivity index (χ2n) is 15.7. The molecule has 0 fully saturated rings. The SMILES string of the molecule is CCNC(=O)[C@@H]1Cc2ccc(OCCN)c(c2)-c2cc(ccc2OCCN)[C@H](N(C)C(=O)[C@H](CCN)NC(=O)c2ccc(-c3ccc(-c4ccccc4)cc3)cc2)C(=O)N[C@@H](C)C(=O)N1. The van der Waals surface area contributed by atoms with Crippen LogP contribution in [0.3, 0.4) is 0 Å². The van der Waals surface area contributed by atoms with Gasteiger partial charge in [0.05, 0.1) is 0 Å². The normalized spacial score (nSPS) is 16.5. The highest BCUT2D eigenvalue weighted by atomic mass is 16.5. The summed E-state index contributed by atoms with van der Waals surface area (Å²) in [5.41, 5.74) is 24.2. The Morgan fingerprint density at radius 3 is 1.88 bits per heavy atom. The van der Waals surface area contributed by atoms with E-state index in [9.17, 15) is 24.0 Å². The summed E-state index contributed by atoms with van der Waals surface area (Å²) in [7, 11) is 1.45. The highest BCUT2D eigenvalue weighted by Gasteiger charge is 2.36. The summed E-state index contributed by atoms with van der Waals surface area (Å²) >= 11 is 0. The van der Waals surface area contributed by atoms with Crippen LogP contribution in [-0.4, -0.2) is 99.0 Å². The van der Waals surface area contributed by atoms with E-state index in [0.29, 0.717) is 45.9 Å². The fourth-order valence-electron chi connectivity index (χ4n) is 7.72. The van der Waals surface area contributed by atoms with Crippen LogP contribution in [0.5, 0.6) is 11.5 Å². The number of likely N-dealkylation sites (N-methyl/N-ethyl adjacent to an activating group) is 2. The third-order valence-electron chi connectivity index (χ3n) is 11.1. The first kappa shape index (κ1) is 47.4. The molecule has 0 spiro atoms. The van der Waals surface area contributed by atoms with Gasteiger partial charge in [-0.15, -0.1) is 0 Å². The van der Waals surface area contributed by atoms with Gasteiger partial charge in [-0.3, -0.25) is 24.0 Å². The van der Waals surface area contributed by atoms with Crippen molar-refractivity contribution in [2.24, 2.45) is 17.2 Å². The number of amides is 5. The van der Waals surface area contributed by atoms with Gasteiger partial charge in [0, 0.05) is 49.8 Å². The molecule has 0 aliphatic carbocycles. The Labute approximate surface area is 379 Å². The van der Waals surface area contributed by atoms with Crippen LogP contribution in [0.4, 0.5) is 0 Å². The minimum atomic E-state index is -1.34. The van der Waals surface area contributed by atoms with Crippen LogP contribution < -0.4 is 47.9 Å². The van der Waals surface area contributed by atoms with Crippen LogP contribution in [0, 0.1) is 0 Å². The van der Waals surface area contributed by atoms with E-state index in [1.54, 1.807) is 49.4 Å². The highest BCUT2D eigenvalue weighted by Crippen LogP contribution is 2.40. The van der Waals surface area contributed by atoms with E-state index < -0.39 is 53.7 Å². The van der Waals surface area contributed by atoms with E-state index in [2.05, 4.69) is 33.4 Å². The van der Waals surface area contributed by atoms with Gasteiger partial charge in [-0.2, -0.15) is 0 Å². The van der Waals surface area contributed by atoms with Crippen molar-refractivity contribution in [3.05, 3.63) is 132 Å². The number of benzene rings is 5. The summed E-state index contributed by atoms with van der Waals surface area (Å²) in [4.78, 5) is 71.2. The number of ether oxygens (including phenoxy) is 2. The molecular formula is C50H58N8O7. The molecule has 0 unspecified atom stereocenters.